The molecule has 1 saturated heterocycles. The quantitative estimate of drug-likeness (QED) is 0.906. The van der Waals surface area contributed by atoms with Crippen LogP contribution in [0.1, 0.15) is 19.4 Å². The van der Waals surface area contributed by atoms with Crippen molar-refractivity contribution in [3.05, 3.63) is 23.8 Å². The van der Waals surface area contributed by atoms with Crippen molar-refractivity contribution in [1.82, 2.24) is 10.2 Å². The third-order valence-corrected chi connectivity index (χ3v) is 3.53. The van der Waals surface area contributed by atoms with Crippen LogP contribution in [0.3, 0.4) is 0 Å². The minimum absolute atomic E-state index is 0.0147. The van der Waals surface area contributed by atoms with Crippen LogP contribution in [0.15, 0.2) is 18.2 Å². The van der Waals surface area contributed by atoms with Gasteiger partial charge in [0.2, 0.25) is 0 Å². The summed E-state index contributed by atoms with van der Waals surface area (Å²) in [5, 5.41) is 3.43. The second kappa shape index (κ2) is 6.58. The predicted octanol–water partition coefficient (Wildman–Crippen LogP) is 2.48. The van der Waals surface area contributed by atoms with E-state index in [9.17, 15) is 8.78 Å². The zero-order chi connectivity index (χ0) is 15.5. The average molecular weight is 300 g/mol. The van der Waals surface area contributed by atoms with Gasteiger partial charge in [0.05, 0.1) is 7.11 Å². The van der Waals surface area contributed by atoms with Gasteiger partial charge in [-0.05, 0) is 19.9 Å². The predicted molar refractivity (Wildman–Crippen MR) is 77.0 cm³/mol. The van der Waals surface area contributed by atoms with Crippen molar-refractivity contribution in [2.45, 2.75) is 32.5 Å². The van der Waals surface area contributed by atoms with Gasteiger partial charge in [0.15, 0.2) is 11.5 Å². The van der Waals surface area contributed by atoms with Gasteiger partial charge >= 0.3 is 6.61 Å². The number of halogens is 2. The molecule has 0 atom stereocenters. The maximum absolute atomic E-state index is 12.6. The van der Waals surface area contributed by atoms with Crippen molar-refractivity contribution < 1.29 is 18.3 Å². The molecule has 1 aromatic rings. The number of nitrogens with one attached hydrogen (secondary N) is 1. The summed E-state index contributed by atoms with van der Waals surface area (Å²) in [5.74, 6) is 0.466. The minimum atomic E-state index is -2.86. The molecule has 0 saturated carbocycles. The number of piperazine rings is 1. The molecule has 118 valence electrons. The SMILES string of the molecule is COc1cccc(CN2CCNC(C)(C)C2)c1OC(F)F. The minimum Gasteiger partial charge on any atom is -0.493 e. The van der Waals surface area contributed by atoms with Gasteiger partial charge < -0.3 is 14.8 Å². The fraction of sp³-hybridized carbons (Fsp3) is 0.600. The summed E-state index contributed by atoms with van der Waals surface area (Å²) in [5.41, 5.74) is 0.730. The van der Waals surface area contributed by atoms with E-state index in [1.54, 1.807) is 18.2 Å². The number of methoxy groups -OCH3 is 1. The Labute approximate surface area is 124 Å². The Morgan fingerprint density at radius 3 is 2.76 bits per heavy atom. The van der Waals surface area contributed by atoms with E-state index in [0.717, 1.165) is 19.6 Å². The highest BCUT2D eigenvalue weighted by molar-refractivity contribution is 5.46. The Hall–Kier alpha value is -1.40. The van der Waals surface area contributed by atoms with E-state index in [0.29, 0.717) is 17.9 Å². The molecule has 0 aromatic heterocycles. The highest BCUT2D eigenvalue weighted by Gasteiger charge is 2.26. The van der Waals surface area contributed by atoms with Crippen molar-refractivity contribution in [2.75, 3.05) is 26.7 Å². The molecule has 1 aliphatic heterocycles. The number of alkyl halides is 2. The smallest absolute Gasteiger partial charge is 0.387 e. The van der Waals surface area contributed by atoms with Gasteiger partial charge in [-0.15, -0.1) is 0 Å². The lowest BCUT2D eigenvalue weighted by molar-refractivity contribution is -0.0522. The molecule has 2 rings (SSSR count). The van der Waals surface area contributed by atoms with Gasteiger partial charge in [-0.2, -0.15) is 8.78 Å². The Balaban J connectivity index is 2.18. The van der Waals surface area contributed by atoms with E-state index < -0.39 is 6.61 Å². The molecule has 0 spiro atoms. The maximum atomic E-state index is 12.6. The normalized spacial score (nSPS) is 18.8. The summed E-state index contributed by atoms with van der Waals surface area (Å²) in [4.78, 5) is 2.23. The van der Waals surface area contributed by atoms with Crippen LogP contribution in [-0.4, -0.2) is 43.8 Å². The van der Waals surface area contributed by atoms with Crippen molar-refractivity contribution in [1.29, 1.82) is 0 Å². The van der Waals surface area contributed by atoms with E-state index in [2.05, 4.69) is 28.8 Å². The topological polar surface area (TPSA) is 33.7 Å². The lowest BCUT2D eigenvalue weighted by atomic mass is 10.0. The Morgan fingerprint density at radius 2 is 2.14 bits per heavy atom. The first kappa shape index (κ1) is 16.0. The fourth-order valence-electron chi connectivity index (χ4n) is 2.69. The molecule has 0 aliphatic carbocycles. The number of hydrogen-bond acceptors (Lipinski definition) is 4. The highest BCUT2D eigenvalue weighted by atomic mass is 19.3. The number of nitrogens with zero attached hydrogens (tertiary/aromatic N) is 1. The van der Waals surface area contributed by atoms with Crippen LogP contribution in [0.2, 0.25) is 0 Å². The van der Waals surface area contributed by atoms with Gasteiger partial charge in [-0.25, -0.2) is 0 Å². The van der Waals surface area contributed by atoms with Gasteiger partial charge in [-0.1, -0.05) is 12.1 Å². The van der Waals surface area contributed by atoms with E-state index >= 15 is 0 Å². The summed E-state index contributed by atoms with van der Waals surface area (Å²) in [6.07, 6.45) is 0. The van der Waals surface area contributed by atoms with Crippen molar-refractivity contribution in [2.24, 2.45) is 0 Å². The van der Waals surface area contributed by atoms with E-state index in [4.69, 9.17) is 4.74 Å². The number of ether oxygens (including phenoxy) is 2. The first-order valence-electron chi connectivity index (χ1n) is 6.99. The third kappa shape index (κ3) is 4.28. The molecular weight excluding hydrogens is 278 g/mol. The van der Waals surface area contributed by atoms with E-state index in [-0.39, 0.29) is 11.3 Å². The van der Waals surface area contributed by atoms with Gasteiger partial charge in [0.25, 0.3) is 0 Å². The van der Waals surface area contributed by atoms with Crippen molar-refractivity contribution in [3.8, 4) is 11.5 Å². The molecule has 6 heteroatoms. The van der Waals surface area contributed by atoms with Crippen LogP contribution < -0.4 is 14.8 Å². The molecule has 1 fully saturated rings. The molecule has 1 heterocycles. The number of benzene rings is 1. The molecule has 4 nitrogen and oxygen atoms in total. The van der Waals surface area contributed by atoms with Crippen LogP contribution in [-0.2, 0) is 6.54 Å². The number of rotatable bonds is 5. The summed E-state index contributed by atoms with van der Waals surface area (Å²) in [6.45, 7) is 4.54. The third-order valence-electron chi connectivity index (χ3n) is 3.53. The zero-order valence-electron chi connectivity index (χ0n) is 12.7. The van der Waals surface area contributed by atoms with Crippen LogP contribution >= 0.6 is 0 Å². The largest absolute Gasteiger partial charge is 0.493 e. The van der Waals surface area contributed by atoms with Gasteiger partial charge in [0, 0.05) is 37.3 Å². The zero-order valence-corrected chi connectivity index (χ0v) is 12.7. The second-order valence-electron chi connectivity index (χ2n) is 5.85. The van der Waals surface area contributed by atoms with Crippen LogP contribution in [0, 0.1) is 0 Å². The first-order chi connectivity index (χ1) is 9.91. The number of para-hydroxylation sites is 1. The molecule has 0 amide bonds. The van der Waals surface area contributed by atoms with Crippen LogP contribution in [0.25, 0.3) is 0 Å². The first-order valence-corrected chi connectivity index (χ1v) is 6.99. The van der Waals surface area contributed by atoms with E-state index in [1.165, 1.54) is 7.11 Å². The van der Waals surface area contributed by atoms with Gasteiger partial charge in [0.1, 0.15) is 0 Å². The lowest BCUT2D eigenvalue weighted by Crippen LogP contribution is -2.56. The molecule has 0 bridgehead atoms. The summed E-state index contributed by atoms with van der Waals surface area (Å²) < 4.78 is 35.0. The Bertz CT molecular complexity index is 481. The van der Waals surface area contributed by atoms with Crippen LogP contribution in [0.4, 0.5) is 8.78 Å². The molecule has 21 heavy (non-hydrogen) atoms. The van der Waals surface area contributed by atoms with Gasteiger partial charge in [-0.3, -0.25) is 4.90 Å². The Morgan fingerprint density at radius 1 is 1.38 bits per heavy atom. The van der Waals surface area contributed by atoms with Crippen LogP contribution in [0.5, 0.6) is 11.5 Å². The molecule has 1 aromatic carbocycles. The highest BCUT2D eigenvalue weighted by Crippen LogP contribution is 2.33. The Kier molecular flexibility index (Phi) is 5.00. The number of hydrogen-bond donors (Lipinski definition) is 1. The summed E-state index contributed by atoms with van der Waals surface area (Å²) in [7, 11) is 1.45. The fourth-order valence-corrected chi connectivity index (χ4v) is 2.69. The average Bonchev–Trinajstić information content (AvgIpc) is 2.39. The molecular formula is C15H22F2N2O2. The monoisotopic (exact) mass is 300 g/mol. The molecule has 1 N–H and O–H groups in total. The maximum Gasteiger partial charge on any atom is 0.387 e. The molecule has 1 aliphatic rings. The van der Waals surface area contributed by atoms with E-state index in [1.807, 2.05) is 0 Å². The summed E-state index contributed by atoms with van der Waals surface area (Å²) >= 11 is 0. The molecule has 0 radical (unpaired) electrons. The second-order valence-corrected chi connectivity index (χ2v) is 5.85. The molecule has 0 unspecified atom stereocenters. The van der Waals surface area contributed by atoms with Crippen molar-refractivity contribution >= 4 is 0 Å². The lowest BCUT2D eigenvalue weighted by Gasteiger charge is -2.39. The van der Waals surface area contributed by atoms with Crippen molar-refractivity contribution in [3.63, 3.8) is 0 Å². The standard InChI is InChI=1S/C15H22F2N2O2/c1-15(2)10-19(8-7-18-15)9-11-5-4-6-12(20-3)13(11)21-14(16)17/h4-6,14,18H,7-10H2,1-3H3. The summed E-state index contributed by atoms with van der Waals surface area (Å²) in [6, 6.07) is 5.22.